The molecule has 2 saturated heterocycles. The van der Waals surface area contributed by atoms with Crippen LogP contribution in [0.4, 0.5) is 19.0 Å². The summed E-state index contributed by atoms with van der Waals surface area (Å²) in [5, 5.41) is 20.0. The number of aromatic nitrogens is 2. The van der Waals surface area contributed by atoms with Crippen molar-refractivity contribution in [2.24, 2.45) is 0 Å². The van der Waals surface area contributed by atoms with Gasteiger partial charge in [-0.05, 0) is 62.4 Å². The number of aliphatic hydroxyl groups is 1. The number of likely N-dealkylation sites (tertiary alicyclic amines) is 1. The first-order chi connectivity index (χ1) is 20.2. The number of aryl methyl sites for hydroxylation is 1. The molecule has 5 atom stereocenters. The number of fused-ring (bicyclic) bond motifs is 3. The summed E-state index contributed by atoms with van der Waals surface area (Å²) in [6.07, 6.45) is 3.44. The molecule has 2 fully saturated rings. The average molecular weight is 583 g/mol. The maximum absolute atomic E-state index is 15.2. The van der Waals surface area contributed by atoms with Gasteiger partial charge in [-0.1, -0.05) is 6.58 Å². The van der Waals surface area contributed by atoms with Gasteiger partial charge >= 0.3 is 6.01 Å². The fraction of sp³-hybridized carbons (Fsp3) is 0.581. The van der Waals surface area contributed by atoms with Gasteiger partial charge < -0.3 is 14.7 Å². The number of anilines is 1. The molecule has 1 aromatic carbocycles. The summed E-state index contributed by atoms with van der Waals surface area (Å²) < 4.78 is 49.4. The monoisotopic (exact) mass is 582 g/mol. The zero-order valence-electron chi connectivity index (χ0n) is 23.9. The van der Waals surface area contributed by atoms with E-state index >= 15 is 4.39 Å². The highest BCUT2D eigenvalue weighted by Crippen LogP contribution is 2.50. The predicted octanol–water partition coefficient (Wildman–Crippen LogP) is 3.46. The molecule has 0 amide bonds. The first kappa shape index (κ1) is 28.9. The Morgan fingerprint density at radius 3 is 2.76 bits per heavy atom. The van der Waals surface area contributed by atoms with Gasteiger partial charge in [0, 0.05) is 61.7 Å². The Balaban J connectivity index is 1.34. The van der Waals surface area contributed by atoms with Gasteiger partial charge in [0.2, 0.25) is 0 Å². The number of halogens is 3. The van der Waals surface area contributed by atoms with Crippen LogP contribution in [0, 0.1) is 23.0 Å². The second-order valence-corrected chi connectivity index (χ2v) is 12.2. The molecule has 2 aliphatic heterocycles. The summed E-state index contributed by atoms with van der Waals surface area (Å²) in [4.78, 5) is 15.6. The molecule has 0 bridgehead atoms. The molecular formula is C31H37F3N6O2. The molecule has 1 aromatic heterocycles. The molecule has 2 aromatic rings. The minimum atomic E-state index is -0.898. The third-order valence-corrected chi connectivity index (χ3v) is 9.70. The molecule has 6 rings (SSSR count). The maximum Gasteiger partial charge on any atom is 0.318 e. The molecule has 42 heavy (non-hydrogen) atoms. The highest BCUT2D eigenvalue weighted by molar-refractivity contribution is 5.54. The fourth-order valence-electron chi connectivity index (χ4n) is 7.55. The molecule has 224 valence electrons. The topological polar surface area (TPSA) is 88.8 Å². The molecule has 1 N–H and O–H groups in total. The second kappa shape index (κ2) is 11.5. The number of hydrogen-bond acceptors (Lipinski definition) is 8. The number of aliphatic hydroxyl groups excluding tert-OH is 1. The molecule has 8 nitrogen and oxygen atoms in total. The number of ether oxygens (including phenoxy) is 1. The number of nitriles is 1. The van der Waals surface area contributed by atoms with Crippen LogP contribution in [-0.4, -0.2) is 89.2 Å². The Morgan fingerprint density at radius 2 is 2.02 bits per heavy atom. The van der Waals surface area contributed by atoms with Crippen molar-refractivity contribution in [1.29, 1.82) is 5.26 Å². The van der Waals surface area contributed by atoms with Gasteiger partial charge in [-0.3, -0.25) is 9.80 Å². The van der Waals surface area contributed by atoms with Gasteiger partial charge in [-0.25, -0.2) is 13.2 Å². The van der Waals surface area contributed by atoms with Gasteiger partial charge in [0.1, 0.15) is 36.5 Å². The highest BCUT2D eigenvalue weighted by Gasteiger charge is 2.45. The van der Waals surface area contributed by atoms with E-state index in [9.17, 15) is 19.1 Å². The van der Waals surface area contributed by atoms with Gasteiger partial charge in [0.05, 0.1) is 18.2 Å². The van der Waals surface area contributed by atoms with Crippen molar-refractivity contribution in [3.63, 3.8) is 0 Å². The van der Waals surface area contributed by atoms with Crippen molar-refractivity contribution in [2.75, 3.05) is 44.7 Å². The van der Waals surface area contributed by atoms with Crippen LogP contribution in [0.5, 0.6) is 6.01 Å². The number of hydrogen-bond donors (Lipinski definition) is 1. The molecule has 3 heterocycles. The lowest BCUT2D eigenvalue weighted by Crippen LogP contribution is -2.56. The number of alkyl halides is 1. The van der Waals surface area contributed by atoms with E-state index in [-0.39, 0.29) is 31.1 Å². The van der Waals surface area contributed by atoms with Crippen LogP contribution < -0.4 is 9.64 Å². The van der Waals surface area contributed by atoms with Crippen LogP contribution in [0.25, 0.3) is 0 Å². The molecule has 0 radical (unpaired) electrons. The maximum atomic E-state index is 15.2. The largest absolute Gasteiger partial charge is 0.462 e. The predicted molar refractivity (Wildman–Crippen MR) is 151 cm³/mol. The lowest BCUT2D eigenvalue weighted by molar-refractivity contribution is 0.00430. The third kappa shape index (κ3) is 5.25. The van der Waals surface area contributed by atoms with E-state index in [1.807, 2.05) is 16.8 Å². The average Bonchev–Trinajstić information content (AvgIpc) is 3.48. The smallest absolute Gasteiger partial charge is 0.318 e. The van der Waals surface area contributed by atoms with Gasteiger partial charge in [-0.15, -0.1) is 0 Å². The van der Waals surface area contributed by atoms with E-state index < -0.39 is 29.4 Å². The number of rotatable bonds is 7. The van der Waals surface area contributed by atoms with E-state index in [2.05, 4.69) is 17.5 Å². The summed E-state index contributed by atoms with van der Waals surface area (Å²) in [5.41, 5.74) is 2.60. The minimum absolute atomic E-state index is 0.0935. The van der Waals surface area contributed by atoms with E-state index in [0.29, 0.717) is 70.3 Å². The van der Waals surface area contributed by atoms with Crippen LogP contribution in [0.2, 0.25) is 0 Å². The van der Waals surface area contributed by atoms with Gasteiger partial charge in [-0.2, -0.15) is 15.2 Å². The van der Waals surface area contributed by atoms with Crippen molar-refractivity contribution in [2.45, 2.75) is 74.8 Å². The molecule has 2 aliphatic carbocycles. The standard InChI is InChI=1S/C31H37F3N6O2/c1-3-27(41)40-11-10-39(17-22(40)6-9-35)29-24-5-8-31(7-4-19-12-20(32)14-25(34)28(19)31)15-26(24)36-30(37-29)42-18-23-13-21(33)16-38(23)2/h3,12,14,21-23,27,41H,1,4-8,10-11,13,15-18H2,2H3. The number of piperazine rings is 1. The van der Waals surface area contributed by atoms with Gasteiger partial charge in [0.25, 0.3) is 0 Å². The quantitative estimate of drug-likeness (QED) is 0.497. The van der Waals surface area contributed by atoms with E-state index in [1.54, 1.807) is 0 Å². The summed E-state index contributed by atoms with van der Waals surface area (Å²) in [7, 11) is 1.87. The van der Waals surface area contributed by atoms with Gasteiger partial charge in [0.15, 0.2) is 0 Å². The number of likely N-dealkylation sites (N-methyl/N-ethyl adjacent to an activating group) is 1. The number of benzene rings is 1. The lowest BCUT2D eigenvalue weighted by Gasteiger charge is -2.44. The second-order valence-electron chi connectivity index (χ2n) is 12.2. The fourth-order valence-corrected chi connectivity index (χ4v) is 7.55. The zero-order chi connectivity index (χ0) is 29.6. The van der Waals surface area contributed by atoms with Crippen LogP contribution >= 0.6 is 0 Å². The van der Waals surface area contributed by atoms with Crippen molar-refractivity contribution < 1.29 is 23.0 Å². The minimum Gasteiger partial charge on any atom is -0.462 e. The van der Waals surface area contributed by atoms with Crippen molar-refractivity contribution in [3.05, 3.63) is 58.8 Å². The third-order valence-electron chi connectivity index (χ3n) is 9.70. The molecule has 11 heteroatoms. The van der Waals surface area contributed by atoms with Crippen molar-refractivity contribution >= 4 is 5.82 Å². The summed E-state index contributed by atoms with van der Waals surface area (Å²) >= 11 is 0. The van der Waals surface area contributed by atoms with E-state index in [1.165, 1.54) is 12.1 Å². The first-order valence-electron chi connectivity index (χ1n) is 14.7. The normalized spacial score (nSPS) is 28.4. The molecule has 4 aliphatic rings. The highest BCUT2D eigenvalue weighted by atomic mass is 19.1. The Kier molecular flexibility index (Phi) is 7.89. The summed E-state index contributed by atoms with van der Waals surface area (Å²) in [6, 6.07) is 4.53. The molecular weight excluding hydrogens is 545 g/mol. The Morgan fingerprint density at radius 1 is 1.21 bits per heavy atom. The summed E-state index contributed by atoms with van der Waals surface area (Å²) in [6.45, 7) is 5.85. The Bertz CT molecular complexity index is 1400. The molecule has 5 unspecified atom stereocenters. The van der Waals surface area contributed by atoms with Crippen LogP contribution in [0.15, 0.2) is 24.8 Å². The van der Waals surface area contributed by atoms with E-state index in [4.69, 9.17) is 14.7 Å². The number of nitrogens with zero attached hydrogens (tertiary/aromatic N) is 6. The first-order valence-corrected chi connectivity index (χ1v) is 14.7. The Hall–Kier alpha value is -3.20. The van der Waals surface area contributed by atoms with E-state index in [0.717, 1.165) is 28.7 Å². The Labute approximate surface area is 244 Å². The summed E-state index contributed by atoms with van der Waals surface area (Å²) in [5.74, 6) is -0.334. The van der Waals surface area contributed by atoms with Crippen molar-refractivity contribution in [3.8, 4) is 12.1 Å². The molecule has 1 spiro atoms. The lowest BCUT2D eigenvalue weighted by atomic mass is 9.69. The zero-order valence-corrected chi connectivity index (χ0v) is 23.9. The van der Waals surface area contributed by atoms with Crippen molar-refractivity contribution in [1.82, 2.24) is 19.8 Å². The van der Waals surface area contributed by atoms with Crippen LogP contribution in [0.3, 0.4) is 0 Å². The SMILES string of the molecule is C=CC(O)N1CCN(c2nc(OCC3CC(F)CN3C)nc3c2CCC2(CCc4cc(F)cc(F)c42)C3)CC1CC#N. The molecule has 0 saturated carbocycles. The van der Waals surface area contributed by atoms with Crippen LogP contribution in [0.1, 0.15) is 48.1 Å². The van der Waals surface area contributed by atoms with Crippen LogP contribution in [-0.2, 0) is 24.7 Å².